The Morgan fingerprint density at radius 2 is 1.87 bits per heavy atom. The zero-order valence-electron chi connectivity index (χ0n) is 13.7. The zero-order chi connectivity index (χ0) is 17.0. The number of hydrogen-bond acceptors (Lipinski definition) is 3. The van der Waals surface area contributed by atoms with Gasteiger partial charge in [-0.05, 0) is 19.9 Å². The molecule has 1 aromatic rings. The summed E-state index contributed by atoms with van der Waals surface area (Å²) in [7, 11) is 1.76. The minimum atomic E-state index is -0.0835. The second kappa shape index (κ2) is 7.50. The molecule has 1 N–H and O–H groups in total. The quantitative estimate of drug-likeness (QED) is 0.843. The van der Waals surface area contributed by atoms with Gasteiger partial charge >= 0.3 is 6.03 Å². The van der Waals surface area contributed by atoms with Crippen molar-refractivity contribution in [2.24, 2.45) is 7.05 Å². The van der Waals surface area contributed by atoms with E-state index in [1.54, 1.807) is 27.6 Å². The molecular formula is C15H22ClN5O2. The smallest absolute Gasteiger partial charge is 0.317 e. The van der Waals surface area contributed by atoms with Crippen LogP contribution in [0.25, 0.3) is 6.08 Å². The van der Waals surface area contributed by atoms with E-state index in [4.69, 9.17) is 11.6 Å². The van der Waals surface area contributed by atoms with Crippen molar-refractivity contribution < 1.29 is 9.59 Å². The second-order valence-electron chi connectivity index (χ2n) is 5.39. The predicted molar refractivity (Wildman–Crippen MR) is 89.2 cm³/mol. The van der Waals surface area contributed by atoms with Crippen LogP contribution in [0.5, 0.6) is 0 Å². The molecule has 23 heavy (non-hydrogen) atoms. The van der Waals surface area contributed by atoms with Crippen molar-refractivity contribution in [2.75, 3.05) is 32.7 Å². The molecule has 0 radical (unpaired) electrons. The van der Waals surface area contributed by atoms with Crippen LogP contribution in [-0.2, 0) is 11.8 Å². The molecule has 0 bridgehead atoms. The number of hydrogen-bond donors (Lipinski definition) is 1. The molecule has 0 aliphatic carbocycles. The van der Waals surface area contributed by atoms with Gasteiger partial charge in [-0.3, -0.25) is 9.48 Å². The van der Waals surface area contributed by atoms with Crippen LogP contribution < -0.4 is 5.32 Å². The summed E-state index contributed by atoms with van der Waals surface area (Å²) in [6.07, 6.45) is 3.21. The van der Waals surface area contributed by atoms with Gasteiger partial charge in [0.25, 0.3) is 0 Å². The number of carbonyl (C=O) groups excluding carboxylic acids is 2. The van der Waals surface area contributed by atoms with Gasteiger partial charge in [0, 0.05) is 51.4 Å². The van der Waals surface area contributed by atoms with Crippen molar-refractivity contribution in [1.29, 1.82) is 0 Å². The molecule has 0 aromatic carbocycles. The molecule has 1 aromatic heterocycles. The number of carbonyl (C=O) groups is 2. The molecule has 1 aliphatic heterocycles. The zero-order valence-corrected chi connectivity index (χ0v) is 14.4. The maximum Gasteiger partial charge on any atom is 0.317 e. The van der Waals surface area contributed by atoms with Crippen LogP contribution in [-0.4, -0.2) is 64.2 Å². The fraction of sp³-hybridized carbons (Fsp3) is 0.533. The molecule has 8 heteroatoms. The van der Waals surface area contributed by atoms with Crippen LogP contribution >= 0.6 is 11.6 Å². The fourth-order valence-electron chi connectivity index (χ4n) is 2.49. The summed E-state index contributed by atoms with van der Waals surface area (Å²) in [5.41, 5.74) is 1.53. The van der Waals surface area contributed by atoms with Gasteiger partial charge in [-0.1, -0.05) is 11.6 Å². The second-order valence-corrected chi connectivity index (χ2v) is 5.75. The Hall–Kier alpha value is -2.02. The summed E-state index contributed by atoms with van der Waals surface area (Å²) in [5.74, 6) is -0.0835. The Labute approximate surface area is 140 Å². The van der Waals surface area contributed by atoms with Crippen LogP contribution in [0.15, 0.2) is 6.08 Å². The minimum absolute atomic E-state index is 0.0760. The Morgan fingerprint density at radius 3 is 2.39 bits per heavy atom. The summed E-state index contributed by atoms with van der Waals surface area (Å²) in [4.78, 5) is 27.4. The monoisotopic (exact) mass is 339 g/mol. The topological polar surface area (TPSA) is 70.5 Å². The predicted octanol–water partition coefficient (Wildman–Crippen LogP) is 1.27. The Morgan fingerprint density at radius 1 is 1.26 bits per heavy atom. The maximum absolute atomic E-state index is 12.3. The first-order chi connectivity index (χ1) is 10.9. The highest BCUT2D eigenvalue weighted by Gasteiger charge is 2.22. The molecule has 2 rings (SSSR count). The van der Waals surface area contributed by atoms with E-state index in [0.29, 0.717) is 37.9 Å². The molecule has 0 spiro atoms. The number of aryl methyl sites for hydroxylation is 2. The van der Waals surface area contributed by atoms with E-state index in [9.17, 15) is 9.59 Å². The number of urea groups is 1. The van der Waals surface area contributed by atoms with Crippen molar-refractivity contribution in [1.82, 2.24) is 24.9 Å². The van der Waals surface area contributed by atoms with E-state index < -0.39 is 0 Å². The molecule has 0 unspecified atom stereocenters. The average Bonchev–Trinajstić information content (AvgIpc) is 2.78. The highest BCUT2D eigenvalue weighted by Crippen LogP contribution is 2.20. The molecule has 7 nitrogen and oxygen atoms in total. The number of nitrogens with zero attached hydrogens (tertiary/aromatic N) is 4. The van der Waals surface area contributed by atoms with Gasteiger partial charge in [0.2, 0.25) is 5.91 Å². The molecular weight excluding hydrogens is 318 g/mol. The lowest BCUT2D eigenvalue weighted by molar-refractivity contribution is -0.127. The van der Waals surface area contributed by atoms with E-state index in [1.807, 2.05) is 13.8 Å². The summed E-state index contributed by atoms with van der Waals surface area (Å²) in [6.45, 7) is 6.47. The molecule has 1 fully saturated rings. The van der Waals surface area contributed by atoms with Gasteiger partial charge in [-0.25, -0.2) is 4.79 Å². The maximum atomic E-state index is 12.3. The van der Waals surface area contributed by atoms with E-state index in [2.05, 4.69) is 10.4 Å². The first-order valence-electron chi connectivity index (χ1n) is 7.63. The molecule has 2 heterocycles. The molecule has 1 saturated heterocycles. The lowest BCUT2D eigenvalue weighted by atomic mass is 10.2. The number of aromatic nitrogens is 2. The van der Waals surface area contributed by atoms with Gasteiger partial charge in [0.15, 0.2) is 0 Å². The third-order valence-electron chi connectivity index (χ3n) is 3.80. The third-order valence-corrected chi connectivity index (χ3v) is 4.24. The third kappa shape index (κ3) is 4.04. The standard InChI is InChI=1S/C15H22ClN5O2/c1-4-17-15(23)21-9-7-20(8-10-21)13(22)6-5-12-11(2)18-19(3)14(12)16/h5-6H,4,7-10H2,1-3H3,(H,17,23)/b6-5+. The van der Waals surface area contributed by atoms with Gasteiger partial charge in [-0.15, -0.1) is 0 Å². The average molecular weight is 340 g/mol. The van der Waals surface area contributed by atoms with Gasteiger partial charge in [0.1, 0.15) is 5.15 Å². The number of rotatable bonds is 3. The Bertz CT molecular complexity index is 618. The first kappa shape index (κ1) is 17.3. The number of piperazine rings is 1. The number of nitrogens with one attached hydrogen (secondary N) is 1. The SMILES string of the molecule is CCNC(=O)N1CCN(C(=O)/C=C/c2c(C)nn(C)c2Cl)CC1. The lowest BCUT2D eigenvalue weighted by Gasteiger charge is -2.34. The van der Waals surface area contributed by atoms with Crippen LogP contribution in [0, 0.1) is 6.92 Å². The molecule has 1 aliphatic rings. The van der Waals surface area contributed by atoms with Crippen LogP contribution in [0.3, 0.4) is 0 Å². The molecule has 3 amide bonds. The van der Waals surface area contributed by atoms with E-state index in [-0.39, 0.29) is 11.9 Å². The van der Waals surface area contributed by atoms with Crippen molar-refractivity contribution in [3.63, 3.8) is 0 Å². The highest BCUT2D eigenvalue weighted by atomic mass is 35.5. The normalized spacial score (nSPS) is 15.3. The van der Waals surface area contributed by atoms with Gasteiger partial charge in [-0.2, -0.15) is 5.10 Å². The Kier molecular flexibility index (Phi) is 5.65. The lowest BCUT2D eigenvalue weighted by Crippen LogP contribution is -2.52. The first-order valence-corrected chi connectivity index (χ1v) is 8.00. The summed E-state index contributed by atoms with van der Waals surface area (Å²) < 4.78 is 1.58. The minimum Gasteiger partial charge on any atom is -0.338 e. The van der Waals surface area contributed by atoms with Crippen LogP contribution in [0.2, 0.25) is 5.15 Å². The van der Waals surface area contributed by atoms with Gasteiger partial charge in [0.05, 0.1) is 5.69 Å². The van der Waals surface area contributed by atoms with E-state index >= 15 is 0 Å². The van der Waals surface area contributed by atoms with Crippen molar-refractivity contribution >= 4 is 29.6 Å². The number of halogens is 1. The summed E-state index contributed by atoms with van der Waals surface area (Å²) >= 11 is 6.14. The molecule has 0 atom stereocenters. The van der Waals surface area contributed by atoms with E-state index in [1.165, 1.54) is 6.08 Å². The largest absolute Gasteiger partial charge is 0.338 e. The van der Waals surface area contributed by atoms with Crippen LogP contribution in [0.1, 0.15) is 18.2 Å². The van der Waals surface area contributed by atoms with Crippen LogP contribution in [0.4, 0.5) is 4.79 Å². The molecule has 0 saturated carbocycles. The van der Waals surface area contributed by atoms with Crippen molar-refractivity contribution in [3.05, 3.63) is 22.5 Å². The Balaban J connectivity index is 1.93. The summed E-state index contributed by atoms with van der Waals surface area (Å²) in [5, 5.41) is 7.48. The van der Waals surface area contributed by atoms with Crippen molar-refractivity contribution in [3.8, 4) is 0 Å². The fourth-order valence-corrected chi connectivity index (χ4v) is 2.73. The number of amides is 3. The molecule has 126 valence electrons. The van der Waals surface area contributed by atoms with E-state index in [0.717, 1.165) is 11.3 Å². The van der Waals surface area contributed by atoms with Crippen molar-refractivity contribution in [2.45, 2.75) is 13.8 Å². The van der Waals surface area contributed by atoms with Gasteiger partial charge < -0.3 is 15.1 Å². The highest BCUT2D eigenvalue weighted by molar-refractivity contribution is 6.31. The summed E-state index contributed by atoms with van der Waals surface area (Å²) in [6, 6.07) is -0.0760.